The van der Waals surface area contributed by atoms with E-state index in [1.807, 2.05) is 0 Å². The highest BCUT2D eigenvalue weighted by Crippen LogP contribution is 2.38. The van der Waals surface area contributed by atoms with Gasteiger partial charge in [0.15, 0.2) is 8.24 Å². The molecule has 0 amide bonds. The van der Waals surface area contributed by atoms with E-state index in [-0.39, 0.29) is 5.04 Å². The Bertz CT molecular complexity index is 654. The lowest BCUT2D eigenvalue weighted by atomic mass is 10.2. The molecule has 0 saturated carbocycles. The van der Waals surface area contributed by atoms with Crippen LogP contribution in [0.2, 0.25) is 18.1 Å². The normalized spacial score (nSPS) is 22.1. The zero-order valence-corrected chi connectivity index (χ0v) is 15.5. The number of fused-ring (bicyclic) bond motifs is 1. The lowest BCUT2D eigenvalue weighted by molar-refractivity contribution is 0.171. The minimum atomic E-state index is -2.99. The summed E-state index contributed by atoms with van der Waals surface area (Å²) < 4.78 is 25.0. The fourth-order valence-electron chi connectivity index (χ4n) is 1.93. The van der Waals surface area contributed by atoms with Crippen molar-refractivity contribution in [2.24, 2.45) is 15.1 Å². The molecule has 0 spiro atoms. The minimum Gasteiger partial charge on any atom is -0.477 e. The van der Waals surface area contributed by atoms with Crippen LogP contribution in [0.3, 0.4) is 0 Å². The molecule has 1 aromatic rings. The molecule has 0 fully saturated rings. The molecule has 0 radical (unpaired) electrons. The summed E-state index contributed by atoms with van der Waals surface area (Å²) in [4.78, 5) is 0.430. The number of hydrogen-bond acceptors (Lipinski definition) is 4. The Morgan fingerprint density at radius 2 is 2.14 bits per heavy atom. The molecule has 2 rings (SSSR count). The predicted octanol–water partition coefficient (Wildman–Crippen LogP) is 2.62. The second-order valence-corrected chi connectivity index (χ2v) is 14.3. The zero-order chi connectivity index (χ0) is 16.1. The Hall–Kier alpha value is -0.863. The van der Waals surface area contributed by atoms with Gasteiger partial charge in [-0.25, -0.2) is 14.0 Å². The largest absolute Gasteiger partial charge is 0.477 e. The van der Waals surface area contributed by atoms with Crippen molar-refractivity contribution in [2.45, 2.75) is 57.3 Å². The van der Waals surface area contributed by atoms with Crippen LogP contribution >= 0.6 is 0 Å². The molecule has 1 unspecified atom stereocenters. The van der Waals surface area contributed by atoms with Crippen molar-refractivity contribution in [3.63, 3.8) is 0 Å². The van der Waals surface area contributed by atoms with Gasteiger partial charge in [-0.3, -0.25) is 4.03 Å². The van der Waals surface area contributed by atoms with Crippen molar-refractivity contribution in [1.82, 2.24) is 9.78 Å². The van der Waals surface area contributed by atoms with Crippen LogP contribution in [-0.2, 0) is 16.5 Å². The Morgan fingerprint density at radius 1 is 1.52 bits per heavy atom. The first-order chi connectivity index (χ1) is 9.44. The van der Waals surface area contributed by atoms with E-state index < -0.39 is 18.2 Å². The molecule has 8 heteroatoms. The van der Waals surface area contributed by atoms with Crippen molar-refractivity contribution in [1.29, 1.82) is 0 Å². The van der Waals surface area contributed by atoms with E-state index in [9.17, 15) is 4.21 Å². The molecule has 0 bridgehead atoms. The van der Waals surface area contributed by atoms with Gasteiger partial charge in [-0.2, -0.15) is 5.10 Å². The molecule has 1 aromatic heterocycles. The van der Waals surface area contributed by atoms with Crippen LogP contribution in [0.5, 0.6) is 5.88 Å². The summed E-state index contributed by atoms with van der Waals surface area (Å²) in [6.45, 7) is 13.9. The number of nitrogens with two attached hydrogens (primary N) is 1. The maximum atomic E-state index is 13.0. The molecule has 2 N–H and O–H groups in total. The summed E-state index contributed by atoms with van der Waals surface area (Å²) >= 11 is 0. The molecule has 0 aliphatic carbocycles. The van der Waals surface area contributed by atoms with Gasteiger partial charge in [0.1, 0.15) is 14.8 Å². The third kappa shape index (κ3) is 3.17. The highest BCUT2D eigenvalue weighted by molar-refractivity contribution is 7.92. The number of ether oxygens (including phenoxy) is 1. The first kappa shape index (κ1) is 16.5. The molecule has 2 heterocycles. The van der Waals surface area contributed by atoms with Crippen molar-refractivity contribution >= 4 is 18.2 Å². The summed E-state index contributed by atoms with van der Waals surface area (Å²) in [6, 6.07) is 0. The molecule has 2 atom stereocenters. The first-order valence-corrected chi connectivity index (χ1v) is 11.7. The maximum absolute atomic E-state index is 13.0. The van der Waals surface area contributed by atoms with Gasteiger partial charge < -0.3 is 4.74 Å². The fraction of sp³-hybridized carbons (Fsp3) is 0.769. The number of hydrogen-bond donors (Lipinski definition) is 1. The van der Waals surface area contributed by atoms with Crippen LogP contribution in [0.15, 0.2) is 15.1 Å². The van der Waals surface area contributed by atoms with Gasteiger partial charge in [0.05, 0.1) is 19.3 Å². The summed E-state index contributed by atoms with van der Waals surface area (Å²) in [5, 5.41) is 10.3. The van der Waals surface area contributed by atoms with Gasteiger partial charge in [-0.05, 0) is 18.1 Å². The summed E-state index contributed by atoms with van der Waals surface area (Å²) in [5.74, 6) is 0.902. The van der Waals surface area contributed by atoms with E-state index in [0.717, 1.165) is 6.54 Å². The molecule has 0 saturated heterocycles. The topological polar surface area (TPSA) is 82.5 Å². The fourth-order valence-corrected chi connectivity index (χ4v) is 6.74. The Labute approximate surface area is 128 Å². The summed E-state index contributed by atoms with van der Waals surface area (Å²) in [5.41, 5.74) is 0. The van der Waals surface area contributed by atoms with Crippen LogP contribution in [0.4, 0.5) is 0 Å². The van der Waals surface area contributed by atoms with Crippen LogP contribution in [0, 0.1) is 5.92 Å². The average molecular weight is 331 g/mol. The van der Waals surface area contributed by atoms with E-state index in [2.05, 4.69) is 49.9 Å². The average Bonchev–Trinajstić information content (AvgIpc) is 2.69. The van der Waals surface area contributed by atoms with Gasteiger partial charge in [-0.1, -0.05) is 27.7 Å². The van der Waals surface area contributed by atoms with Crippen molar-refractivity contribution in [3.8, 4) is 5.88 Å². The smallest absolute Gasteiger partial charge is 0.230 e. The van der Waals surface area contributed by atoms with E-state index in [1.165, 1.54) is 0 Å². The van der Waals surface area contributed by atoms with E-state index in [4.69, 9.17) is 9.88 Å². The minimum absolute atomic E-state index is 0.0162. The molecule has 120 valence electrons. The number of nitrogens with zero attached hydrogens (tertiary/aromatic N) is 3. The second kappa shape index (κ2) is 5.10. The standard InChI is InChI=1S/C13H26N4O2SSi/c1-10-8-17-12(19-9-10)11(7-15-17)20(14,18)16-21(5,6)13(2,3)4/h7,10H,8-9H2,1-6H3,(H2,14,16,18)/t10-,20?/m0/s1. The van der Waals surface area contributed by atoms with E-state index >= 15 is 0 Å². The second-order valence-electron chi connectivity index (χ2n) is 7.38. The zero-order valence-electron chi connectivity index (χ0n) is 13.7. The van der Waals surface area contributed by atoms with Crippen LogP contribution in [0.25, 0.3) is 0 Å². The highest BCUT2D eigenvalue weighted by Gasteiger charge is 2.38. The molecule has 21 heavy (non-hydrogen) atoms. The molecule has 1 aliphatic rings. The summed E-state index contributed by atoms with van der Waals surface area (Å²) in [7, 11) is -5.11. The van der Waals surface area contributed by atoms with E-state index in [1.54, 1.807) is 10.9 Å². The van der Waals surface area contributed by atoms with Gasteiger partial charge in [0.2, 0.25) is 5.88 Å². The third-order valence-corrected chi connectivity index (χ3v) is 11.8. The molecule has 1 aliphatic heterocycles. The highest BCUT2D eigenvalue weighted by atomic mass is 32.2. The Balaban J connectivity index is 2.49. The van der Waals surface area contributed by atoms with Crippen molar-refractivity contribution < 1.29 is 8.95 Å². The Morgan fingerprint density at radius 3 is 2.71 bits per heavy atom. The SMILES string of the molecule is C[C@@H]1COc2c(S(N)(=O)=N[Si](C)(C)C(C)(C)C)cnn2C1. The van der Waals surface area contributed by atoms with Crippen LogP contribution < -0.4 is 9.88 Å². The van der Waals surface area contributed by atoms with Crippen LogP contribution in [0.1, 0.15) is 27.7 Å². The molecule has 6 nitrogen and oxygen atoms in total. The van der Waals surface area contributed by atoms with Crippen molar-refractivity contribution in [3.05, 3.63) is 6.20 Å². The van der Waals surface area contributed by atoms with Crippen molar-refractivity contribution in [2.75, 3.05) is 6.61 Å². The van der Waals surface area contributed by atoms with Gasteiger partial charge >= 0.3 is 0 Å². The van der Waals surface area contributed by atoms with Gasteiger partial charge in [0, 0.05) is 5.92 Å². The predicted molar refractivity (Wildman–Crippen MR) is 87.1 cm³/mol. The molecular weight excluding hydrogens is 304 g/mol. The quantitative estimate of drug-likeness (QED) is 0.846. The van der Waals surface area contributed by atoms with Crippen LogP contribution in [-0.4, -0.2) is 28.8 Å². The maximum Gasteiger partial charge on any atom is 0.230 e. The first-order valence-electron chi connectivity index (χ1n) is 7.19. The lowest BCUT2D eigenvalue weighted by Crippen LogP contribution is -2.37. The lowest BCUT2D eigenvalue weighted by Gasteiger charge is -2.32. The van der Waals surface area contributed by atoms with E-state index in [0.29, 0.717) is 23.3 Å². The molecule has 0 aromatic carbocycles. The Kier molecular flexibility index (Phi) is 4.01. The summed E-state index contributed by atoms with van der Waals surface area (Å²) in [6.07, 6.45) is 1.55. The monoisotopic (exact) mass is 330 g/mol. The molecular formula is C13H26N4O2SSi. The number of rotatable bonds is 2. The van der Waals surface area contributed by atoms with Gasteiger partial charge in [-0.15, -0.1) is 0 Å². The third-order valence-electron chi connectivity index (χ3n) is 4.26. The van der Waals surface area contributed by atoms with Gasteiger partial charge in [0.25, 0.3) is 0 Å². The number of aromatic nitrogens is 2.